The van der Waals surface area contributed by atoms with Crippen LogP contribution in [0.4, 0.5) is 10.7 Å². The molecular formula is C10H14N2O3S2. The number of nitrogens with two attached hydrogens (primary N) is 1. The molecule has 1 aliphatic heterocycles. The van der Waals surface area contributed by atoms with E-state index in [1.54, 1.807) is 6.07 Å². The highest BCUT2D eigenvalue weighted by molar-refractivity contribution is 7.91. The molecule has 0 aromatic carbocycles. The molecule has 0 radical (unpaired) electrons. The van der Waals surface area contributed by atoms with Crippen molar-refractivity contribution in [1.29, 1.82) is 0 Å². The topological polar surface area (TPSA) is 80.5 Å². The number of anilines is 2. The second kappa shape index (κ2) is 4.30. The molecule has 1 aromatic rings. The molecule has 0 atom stereocenters. The van der Waals surface area contributed by atoms with Crippen molar-refractivity contribution < 1.29 is 13.2 Å². The molecule has 7 heteroatoms. The number of hydrogen-bond acceptors (Lipinski definition) is 6. The van der Waals surface area contributed by atoms with Gasteiger partial charge in [-0.25, -0.2) is 8.42 Å². The van der Waals surface area contributed by atoms with Gasteiger partial charge >= 0.3 is 0 Å². The largest absolute Gasteiger partial charge is 0.397 e. The van der Waals surface area contributed by atoms with Crippen LogP contribution < -0.4 is 10.6 Å². The fraction of sp³-hybridized carbons (Fsp3) is 0.500. The number of ketones is 1. The van der Waals surface area contributed by atoms with E-state index in [2.05, 4.69) is 0 Å². The van der Waals surface area contributed by atoms with Gasteiger partial charge in [0.05, 0.1) is 27.1 Å². The Morgan fingerprint density at radius 2 is 2.00 bits per heavy atom. The van der Waals surface area contributed by atoms with E-state index in [-0.39, 0.29) is 17.3 Å². The van der Waals surface area contributed by atoms with Gasteiger partial charge in [0.15, 0.2) is 15.6 Å². The first-order valence-corrected chi connectivity index (χ1v) is 7.88. The highest BCUT2D eigenvalue weighted by Gasteiger charge is 2.23. The van der Waals surface area contributed by atoms with E-state index in [1.165, 1.54) is 18.3 Å². The smallest absolute Gasteiger partial charge is 0.171 e. The van der Waals surface area contributed by atoms with Gasteiger partial charge in [0.25, 0.3) is 0 Å². The lowest BCUT2D eigenvalue weighted by Crippen LogP contribution is -2.39. The molecule has 0 amide bonds. The molecule has 2 N–H and O–H groups in total. The summed E-state index contributed by atoms with van der Waals surface area (Å²) < 4.78 is 22.6. The van der Waals surface area contributed by atoms with Crippen LogP contribution >= 0.6 is 11.3 Å². The number of carbonyl (C=O) groups excluding carboxylic acids is 1. The Bertz CT molecular complexity index is 534. The van der Waals surface area contributed by atoms with E-state index in [4.69, 9.17) is 5.73 Å². The molecule has 2 rings (SSSR count). The molecule has 0 saturated carbocycles. The van der Waals surface area contributed by atoms with Crippen molar-refractivity contribution in [3.8, 4) is 0 Å². The molecule has 17 heavy (non-hydrogen) atoms. The molecule has 1 saturated heterocycles. The minimum Gasteiger partial charge on any atom is -0.397 e. The summed E-state index contributed by atoms with van der Waals surface area (Å²) in [6.45, 7) is 2.42. The summed E-state index contributed by atoms with van der Waals surface area (Å²) in [5.41, 5.74) is 6.22. The normalized spacial score (nSPS) is 19.2. The summed E-state index contributed by atoms with van der Waals surface area (Å²) in [4.78, 5) is 13.8. The van der Waals surface area contributed by atoms with Gasteiger partial charge in [-0.3, -0.25) is 4.79 Å². The number of Topliss-reactive ketones (excluding diaryl/α,β-unsaturated/α-hetero) is 1. The number of nitrogens with zero attached hydrogens (tertiary/aromatic N) is 1. The van der Waals surface area contributed by atoms with E-state index >= 15 is 0 Å². The Morgan fingerprint density at radius 1 is 1.41 bits per heavy atom. The van der Waals surface area contributed by atoms with Crippen molar-refractivity contribution in [3.05, 3.63) is 10.9 Å². The summed E-state index contributed by atoms with van der Waals surface area (Å²) in [7, 11) is -2.88. The van der Waals surface area contributed by atoms with Gasteiger partial charge in [-0.15, -0.1) is 11.3 Å². The van der Waals surface area contributed by atoms with Crippen molar-refractivity contribution >= 4 is 37.6 Å². The van der Waals surface area contributed by atoms with Crippen LogP contribution in [0.2, 0.25) is 0 Å². The third-order valence-corrected chi connectivity index (χ3v) is 5.65. The fourth-order valence-corrected chi connectivity index (χ4v) is 3.98. The van der Waals surface area contributed by atoms with Crippen molar-refractivity contribution in [2.75, 3.05) is 35.2 Å². The summed E-state index contributed by atoms with van der Waals surface area (Å²) in [6.07, 6.45) is 0. The van der Waals surface area contributed by atoms with E-state index in [9.17, 15) is 13.2 Å². The Labute approximate surface area is 104 Å². The van der Waals surface area contributed by atoms with Crippen molar-refractivity contribution in [2.24, 2.45) is 0 Å². The van der Waals surface area contributed by atoms with Gasteiger partial charge in [0, 0.05) is 20.0 Å². The first kappa shape index (κ1) is 12.4. The molecule has 2 heterocycles. The third-order valence-electron chi connectivity index (χ3n) is 2.72. The molecule has 94 valence electrons. The molecule has 0 spiro atoms. The van der Waals surface area contributed by atoms with Crippen molar-refractivity contribution in [2.45, 2.75) is 6.92 Å². The number of nitrogen functional groups attached to an aromatic ring is 1. The zero-order valence-corrected chi connectivity index (χ0v) is 11.1. The Balaban J connectivity index is 2.19. The summed E-state index contributed by atoms with van der Waals surface area (Å²) in [5, 5.41) is 0.877. The van der Waals surface area contributed by atoms with Gasteiger partial charge in [-0.2, -0.15) is 0 Å². The minimum atomic E-state index is -2.88. The highest BCUT2D eigenvalue weighted by Crippen LogP contribution is 2.33. The van der Waals surface area contributed by atoms with Crippen molar-refractivity contribution in [1.82, 2.24) is 0 Å². The lowest BCUT2D eigenvalue weighted by molar-refractivity contribution is 0.102. The lowest BCUT2D eigenvalue weighted by Gasteiger charge is -2.27. The summed E-state index contributed by atoms with van der Waals surface area (Å²) in [6, 6.07) is 1.75. The van der Waals surface area contributed by atoms with Crippen LogP contribution in [-0.4, -0.2) is 38.8 Å². The van der Waals surface area contributed by atoms with Crippen LogP contribution in [0.15, 0.2) is 6.07 Å². The van der Waals surface area contributed by atoms with Crippen LogP contribution in [0, 0.1) is 0 Å². The monoisotopic (exact) mass is 274 g/mol. The first-order chi connectivity index (χ1) is 7.89. The van der Waals surface area contributed by atoms with E-state index in [0.717, 1.165) is 5.00 Å². The van der Waals surface area contributed by atoms with Crippen molar-refractivity contribution in [3.63, 3.8) is 0 Å². The second-order valence-electron chi connectivity index (χ2n) is 4.06. The van der Waals surface area contributed by atoms with E-state index in [0.29, 0.717) is 23.7 Å². The predicted molar refractivity (Wildman–Crippen MR) is 69.6 cm³/mol. The van der Waals surface area contributed by atoms with Crippen LogP contribution in [0.25, 0.3) is 0 Å². The van der Waals surface area contributed by atoms with Gasteiger partial charge < -0.3 is 10.6 Å². The van der Waals surface area contributed by atoms with E-state index in [1.807, 2.05) is 4.90 Å². The Hall–Kier alpha value is -1.08. The third kappa shape index (κ3) is 2.61. The molecule has 0 bridgehead atoms. The Kier molecular flexibility index (Phi) is 3.13. The number of carbonyl (C=O) groups is 1. The zero-order chi connectivity index (χ0) is 12.6. The van der Waals surface area contributed by atoms with Crippen LogP contribution in [0.5, 0.6) is 0 Å². The maximum atomic E-state index is 11.3. The number of sulfone groups is 1. The lowest BCUT2D eigenvalue weighted by atomic mass is 10.3. The average Bonchev–Trinajstić information content (AvgIpc) is 2.60. The number of thiophene rings is 1. The SMILES string of the molecule is CC(=O)c1sc(N2CCS(=O)(=O)CC2)cc1N. The second-order valence-corrected chi connectivity index (χ2v) is 7.40. The molecule has 1 aromatic heterocycles. The molecule has 1 fully saturated rings. The molecule has 5 nitrogen and oxygen atoms in total. The Morgan fingerprint density at radius 3 is 2.47 bits per heavy atom. The van der Waals surface area contributed by atoms with Gasteiger partial charge in [0.1, 0.15) is 0 Å². The molecular weight excluding hydrogens is 260 g/mol. The molecule has 1 aliphatic rings. The first-order valence-electron chi connectivity index (χ1n) is 5.25. The highest BCUT2D eigenvalue weighted by atomic mass is 32.2. The summed E-state index contributed by atoms with van der Waals surface area (Å²) in [5.74, 6) is 0.281. The quantitative estimate of drug-likeness (QED) is 0.806. The van der Waals surface area contributed by atoms with Gasteiger partial charge in [-0.1, -0.05) is 0 Å². The average molecular weight is 274 g/mol. The van der Waals surface area contributed by atoms with E-state index < -0.39 is 9.84 Å². The number of hydrogen-bond donors (Lipinski definition) is 1. The predicted octanol–water partition coefficient (Wildman–Crippen LogP) is 0.768. The van der Waals surface area contributed by atoms with Gasteiger partial charge in [0.2, 0.25) is 0 Å². The standard InChI is InChI=1S/C10H14N2O3S2/c1-7(13)10-8(11)6-9(16-10)12-2-4-17(14,15)5-3-12/h6H,2-5,11H2,1H3. The molecule has 0 unspecified atom stereocenters. The zero-order valence-electron chi connectivity index (χ0n) is 9.47. The minimum absolute atomic E-state index is 0.0524. The van der Waals surface area contributed by atoms with Crippen LogP contribution in [0.1, 0.15) is 16.6 Å². The summed E-state index contributed by atoms with van der Waals surface area (Å²) >= 11 is 1.33. The van der Waals surface area contributed by atoms with Crippen LogP contribution in [-0.2, 0) is 9.84 Å². The maximum Gasteiger partial charge on any atom is 0.171 e. The van der Waals surface area contributed by atoms with Gasteiger partial charge in [-0.05, 0) is 6.07 Å². The number of rotatable bonds is 2. The fourth-order valence-electron chi connectivity index (χ4n) is 1.76. The molecule has 0 aliphatic carbocycles. The maximum absolute atomic E-state index is 11.3. The van der Waals surface area contributed by atoms with Crippen LogP contribution in [0.3, 0.4) is 0 Å².